The second kappa shape index (κ2) is 7.32. The van der Waals surface area contributed by atoms with E-state index in [9.17, 15) is 9.59 Å². The SMILES string of the molecule is CCC1OC([C@@H](N)CC(=O)O)=NC(CC)(c2ccccc2Cl)C1=O. The van der Waals surface area contributed by atoms with Crippen LogP contribution in [0.5, 0.6) is 0 Å². The summed E-state index contributed by atoms with van der Waals surface area (Å²) in [5.41, 5.74) is 5.30. The number of ether oxygens (including phenoxy) is 1. The Kier molecular flexibility index (Phi) is 5.62. The molecule has 1 aromatic carbocycles. The number of Topliss-reactive ketones (excluding diaryl/α,β-unsaturated/α-hetero) is 1. The van der Waals surface area contributed by atoms with Gasteiger partial charge in [-0.3, -0.25) is 9.59 Å². The number of halogens is 1. The fourth-order valence-corrected chi connectivity index (χ4v) is 3.17. The van der Waals surface area contributed by atoms with Crippen LogP contribution in [-0.4, -0.2) is 34.9 Å². The molecule has 3 atom stereocenters. The van der Waals surface area contributed by atoms with Crippen molar-refractivity contribution >= 4 is 29.3 Å². The van der Waals surface area contributed by atoms with Gasteiger partial charge in [-0.05, 0) is 18.9 Å². The van der Waals surface area contributed by atoms with Crippen molar-refractivity contribution in [2.75, 3.05) is 0 Å². The maximum absolute atomic E-state index is 13.0. The minimum Gasteiger partial charge on any atom is -0.481 e. The molecule has 0 saturated carbocycles. The standard InChI is InChI=1S/C17H21ClN2O4/c1-3-13-15(23)17(4-2,10-7-5-6-8-11(10)18)20-16(24-13)12(19)9-14(21)22/h5-8,12-13H,3-4,9,19H2,1-2H3,(H,21,22)/t12-,13?,17?/m0/s1. The zero-order valence-electron chi connectivity index (χ0n) is 13.7. The summed E-state index contributed by atoms with van der Waals surface area (Å²) in [7, 11) is 0. The summed E-state index contributed by atoms with van der Waals surface area (Å²) in [5, 5.41) is 9.39. The fourth-order valence-electron chi connectivity index (χ4n) is 2.88. The van der Waals surface area contributed by atoms with Crippen molar-refractivity contribution in [2.24, 2.45) is 10.7 Å². The minimum atomic E-state index is -1.21. The third-order valence-corrected chi connectivity index (χ3v) is 4.51. The molecule has 2 unspecified atom stereocenters. The molecule has 0 aliphatic carbocycles. The van der Waals surface area contributed by atoms with Crippen molar-refractivity contribution in [3.63, 3.8) is 0 Å². The summed E-state index contributed by atoms with van der Waals surface area (Å²) in [4.78, 5) is 28.4. The second-order valence-corrected chi connectivity index (χ2v) is 6.13. The Hall–Kier alpha value is -1.92. The van der Waals surface area contributed by atoms with Crippen LogP contribution in [0.15, 0.2) is 29.3 Å². The van der Waals surface area contributed by atoms with E-state index in [1.807, 2.05) is 13.8 Å². The molecule has 0 fully saturated rings. The number of carbonyl (C=O) groups excluding carboxylic acids is 1. The van der Waals surface area contributed by atoms with Crippen molar-refractivity contribution in [3.8, 4) is 0 Å². The molecule has 2 rings (SSSR count). The molecule has 0 aromatic heterocycles. The molecule has 7 heteroatoms. The van der Waals surface area contributed by atoms with Gasteiger partial charge in [0.25, 0.3) is 0 Å². The molecule has 3 N–H and O–H groups in total. The quantitative estimate of drug-likeness (QED) is 0.819. The summed E-state index contributed by atoms with van der Waals surface area (Å²) in [6.07, 6.45) is -0.248. The Labute approximate surface area is 145 Å². The Morgan fingerprint density at radius 1 is 1.46 bits per heavy atom. The molecular formula is C17H21ClN2O4. The lowest BCUT2D eigenvalue weighted by Crippen LogP contribution is -2.51. The second-order valence-electron chi connectivity index (χ2n) is 5.73. The molecule has 6 nitrogen and oxygen atoms in total. The van der Waals surface area contributed by atoms with Crippen LogP contribution < -0.4 is 5.73 Å². The minimum absolute atomic E-state index is 0.0885. The number of nitrogens with two attached hydrogens (primary N) is 1. The molecule has 0 bridgehead atoms. The van der Waals surface area contributed by atoms with Gasteiger partial charge in [-0.2, -0.15) is 0 Å². The highest BCUT2D eigenvalue weighted by atomic mass is 35.5. The van der Waals surface area contributed by atoms with Gasteiger partial charge in [0.1, 0.15) is 0 Å². The molecule has 1 heterocycles. The lowest BCUT2D eigenvalue weighted by Gasteiger charge is -2.38. The summed E-state index contributed by atoms with van der Waals surface area (Å²) in [6.45, 7) is 3.66. The van der Waals surface area contributed by atoms with Gasteiger partial charge in [0, 0.05) is 10.6 Å². The number of hydrogen-bond acceptors (Lipinski definition) is 5. The Bertz CT molecular complexity index is 676. The summed E-state index contributed by atoms with van der Waals surface area (Å²) in [5.74, 6) is -1.16. The largest absolute Gasteiger partial charge is 0.481 e. The number of ketones is 1. The Balaban J connectivity index is 2.59. The van der Waals surface area contributed by atoms with Gasteiger partial charge in [0.15, 0.2) is 11.6 Å². The molecule has 1 aliphatic heterocycles. The average molecular weight is 353 g/mol. The first-order valence-electron chi connectivity index (χ1n) is 7.88. The molecule has 130 valence electrons. The van der Waals surface area contributed by atoms with E-state index in [0.29, 0.717) is 23.4 Å². The first kappa shape index (κ1) is 18.4. The van der Waals surface area contributed by atoms with Crippen LogP contribution in [0.2, 0.25) is 5.02 Å². The van der Waals surface area contributed by atoms with Crippen LogP contribution in [0, 0.1) is 0 Å². The number of rotatable bonds is 6. The highest BCUT2D eigenvalue weighted by Gasteiger charge is 2.48. The van der Waals surface area contributed by atoms with Crippen LogP contribution in [0.3, 0.4) is 0 Å². The molecule has 1 aliphatic rings. The van der Waals surface area contributed by atoms with E-state index in [1.54, 1.807) is 24.3 Å². The molecule has 0 spiro atoms. The first-order valence-corrected chi connectivity index (χ1v) is 8.26. The molecule has 0 radical (unpaired) electrons. The predicted molar refractivity (Wildman–Crippen MR) is 91.3 cm³/mol. The van der Waals surface area contributed by atoms with Gasteiger partial charge in [-0.25, -0.2) is 4.99 Å². The maximum atomic E-state index is 13.0. The third-order valence-electron chi connectivity index (χ3n) is 4.18. The molecule has 0 amide bonds. The van der Waals surface area contributed by atoms with Gasteiger partial charge >= 0.3 is 5.97 Å². The highest BCUT2D eigenvalue weighted by molar-refractivity contribution is 6.32. The lowest BCUT2D eigenvalue weighted by atomic mass is 9.80. The molecule has 1 aromatic rings. The normalized spacial score (nSPS) is 24.9. The van der Waals surface area contributed by atoms with Crippen LogP contribution >= 0.6 is 11.6 Å². The van der Waals surface area contributed by atoms with E-state index in [2.05, 4.69) is 4.99 Å². The van der Waals surface area contributed by atoms with Crippen LogP contribution in [0.4, 0.5) is 0 Å². The smallest absolute Gasteiger partial charge is 0.305 e. The zero-order chi connectivity index (χ0) is 17.9. The summed E-state index contributed by atoms with van der Waals surface area (Å²) >= 11 is 6.31. The summed E-state index contributed by atoms with van der Waals surface area (Å²) < 4.78 is 5.60. The predicted octanol–water partition coefficient (Wildman–Crippen LogP) is 2.52. The number of aliphatic imine (C=N–C) groups is 1. The van der Waals surface area contributed by atoms with Gasteiger partial charge in [0.2, 0.25) is 11.7 Å². The number of hydrogen-bond donors (Lipinski definition) is 2. The zero-order valence-corrected chi connectivity index (χ0v) is 14.4. The van der Waals surface area contributed by atoms with Crippen LogP contribution in [-0.2, 0) is 19.9 Å². The van der Waals surface area contributed by atoms with Gasteiger partial charge in [-0.15, -0.1) is 0 Å². The van der Waals surface area contributed by atoms with Crippen LogP contribution in [0.1, 0.15) is 38.7 Å². The van der Waals surface area contributed by atoms with E-state index >= 15 is 0 Å². The molecular weight excluding hydrogens is 332 g/mol. The third kappa shape index (κ3) is 3.30. The fraction of sp³-hybridized carbons (Fsp3) is 0.471. The van der Waals surface area contributed by atoms with E-state index in [-0.39, 0.29) is 18.1 Å². The van der Waals surface area contributed by atoms with Crippen molar-refractivity contribution in [1.82, 2.24) is 0 Å². The van der Waals surface area contributed by atoms with E-state index in [4.69, 9.17) is 27.2 Å². The number of aliphatic carboxylic acids is 1. The Morgan fingerprint density at radius 2 is 2.12 bits per heavy atom. The number of nitrogens with zero attached hydrogens (tertiary/aromatic N) is 1. The topological polar surface area (TPSA) is 102 Å². The van der Waals surface area contributed by atoms with Gasteiger partial charge in [0.05, 0.1) is 12.5 Å². The van der Waals surface area contributed by atoms with Crippen molar-refractivity contribution < 1.29 is 19.4 Å². The molecule has 0 saturated heterocycles. The first-order chi connectivity index (χ1) is 11.4. The van der Waals surface area contributed by atoms with E-state index in [1.165, 1.54) is 0 Å². The number of carbonyl (C=O) groups is 2. The van der Waals surface area contributed by atoms with Gasteiger partial charge in [-0.1, -0.05) is 43.6 Å². The van der Waals surface area contributed by atoms with Gasteiger partial charge < -0.3 is 15.6 Å². The van der Waals surface area contributed by atoms with E-state index < -0.39 is 23.7 Å². The lowest BCUT2D eigenvalue weighted by molar-refractivity contribution is -0.137. The van der Waals surface area contributed by atoms with E-state index in [0.717, 1.165) is 0 Å². The molecule has 24 heavy (non-hydrogen) atoms. The van der Waals surface area contributed by atoms with Crippen molar-refractivity contribution in [1.29, 1.82) is 0 Å². The summed E-state index contributed by atoms with van der Waals surface area (Å²) in [6, 6.07) is 6.10. The number of benzene rings is 1. The van der Waals surface area contributed by atoms with Crippen molar-refractivity contribution in [3.05, 3.63) is 34.9 Å². The highest BCUT2D eigenvalue weighted by Crippen LogP contribution is 2.40. The Morgan fingerprint density at radius 3 is 2.67 bits per heavy atom. The number of carboxylic acids is 1. The maximum Gasteiger partial charge on any atom is 0.305 e. The van der Waals surface area contributed by atoms with Crippen LogP contribution in [0.25, 0.3) is 0 Å². The monoisotopic (exact) mass is 352 g/mol. The number of carboxylic acid groups (broad SMARTS) is 1. The van der Waals surface area contributed by atoms with Crippen molar-refractivity contribution in [2.45, 2.75) is 50.8 Å². The average Bonchev–Trinajstić information content (AvgIpc) is 2.55.